The number of nitrogens with one attached hydrogen (secondary N) is 2. The molecule has 180 valence electrons. The number of aliphatic hydroxyl groups excluding tert-OH is 1. The molecule has 1 aliphatic rings. The van der Waals surface area contributed by atoms with Crippen molar-refractivity contribution in [2.45, 2.75) is 44.6 Å². The first kappa shape index (κ1) is 23.9. The van der Waals surface area contributed by atoms with Crippen molar-refractivity contribution >= 4 is 21.9 Å². The van der Waals surface area contributed by atoms with Gasteiger partial charge in [-0.1, -0.05) is 6.07 Å². The number of hydrogen-bond donors (Lipinski definition) is 3. The van der Waals surface area contributed by atoms with Gasteiger partial charge in [-0.3, -0.25) is 18.6 Å². The highest BCUT2D eigenvalue weighted by atomic mass is 32.2. The minimum Gasteiger partial charge on any atom is -0.390 e. The predicted octanol–water partition coefficient (Wildman–Crippen LogP) is 0.440. The first-order valence-electron chi connectivity index (χ1n) is 10.6. The molecule has 0 saturated heterocycles. The molecule has 4 rings (SSSR count). The van der Waals surface area contributed by atoms with Crippen molar-refractivity contribution in [3.8, 4) is 0 Å². The van der Waals surface area contributed by atoms with Crippen molar-refractivity contribution in [2.24, 2.45) is 0 Å². The van der Waals surface area contributed by atoms with Gasteiger partial charge < -0.3 is 10.4 Å². The van der Waals surface area contributed by atoms with Crippen LogP contribution in [-0.4, -0.2) is 69.3 Å². The molecule has 0 aromatic carbocycles. The summed E-state index contributed by atoms with van der Waals surface area (Å²) in [6, 6.07) is 6.95. The summed E-state index contributed by atoms with van der Waals surface area (Å²) in [4.78, 5) is 25.7. The zero-order chi connectivity index (χ0) is 24.3. The lowest BCUT2D eigenvalue weighted by Crippen LogP contribution is -2.31. The molecule has 3 aromatic heterocycles. The number of ketones is 1. The maximum Gasteiger partial charge on any atom is 0.335 e. The molecule has 3 aromatic rings. The van der Waals surface area contributed by atoms with Crippen LogP contribution in [-0.2, 0) is 21.0 Å². The highest BCUT2D eigenvalue weighted by Crippen LogP contribution is 2.27. The summed E-state index contributed by atoms with van der Waals surface area (Å²) in [6.07, 6.45) is 2.91. The molecule has 0 bridgehead atoms. The van der Waals surface area contributed by atoms with Gasteiger partial charge in [0.25, 0.3) is 0 Å². The van der Waals surface area contributed by atoms with E-state index in [0.717, 1.165) is 11.4 Å². The van der Waals surface area contributed by atoms with Gasteiger partial charge in [0.2, 0.25) is 5.78 Å². The lowest BCUT2D eigenvalue weighted by Gasteiger charge is -2.15. The maximum atomic E-state index is 13.1. The number of aliphatic hydroxyl groups is 1. The number of aromatic nitrogens is 5. The smallest absolute Gasteiger partial charge is 0.335 e. The van der Waals surface area contributed by atoms with Crippen molar-refractivity contribution in [3.63, 3.8) is 0 Å². The van der Waals surface area contributed by atoms with Gasteiger partial charge in [0, 0.05) is 31.2 Å². The molecule has 13 heteroatoms. The Balaban J connectivity index is 1.46. The van der Waals surface area contributed by atoms with Crippen LogP contribution in [0, 0.1) is 6.92 Å². The minimum atomic E-state index is -3.95. The largest absolute Gasteiger partial charge is 0.390 e. The molecule has 1 aliphatic carbocycles. The molecule has 12 nitrogen and oxygen atoms in total. The van der Waals surface area contributed by atoms with Crippen molar-refractivity contribution < 1.29 is 22.5 Å². The maximum absolute atomic E-state index is 13.1. The number of anilines is 1. The highest BCUT2D eigenvalue weighted by molar-refractivity contribution is 7.84. The molecular formula is C21H25N7O5S. The van der Waals surface area contributed by atoms with E-state index < -0.39 is 22.5 Å². The molecular weight excluding hydrogens is 462 g/mol. The third kappa shape index (κ3) is 5.62. The number of carbonyl (C=O) groups excluding carboxylic acids is 1. The number of aryl methyl sites for hydroxylation is 1. The number of pyridine rings is 1. The second kappa shape index (κ2) is 9.93. The SMILES string of the molecule is CNS(=O)(=O)O[C@@H]1C[C@H](Nc2ncncc2C(=O)c2ccn(Cc3cccc(C)n3)n2)C[C@@H]1O. The van der Waals surface area contributed by atoms with E-state index in [0.29, 0.717) is 6.54 Å². The number of rotatable bonds is 9. The van der Waals surface area contributed by atoms with Gasteiger partial charge >= 0.3 is 10.3 Å². The molecule has 0 aliphatic heterocycles. The van der Waals surface area contributed by atoms with E-state index in [2.05, 4.69) is 30.1 Å². The normalized spacial score (nSPS) is 20.4. The summed E-state index contributed by atoms with van der Waals surface area (Å²) in [5, 5.41) is 17.7. The third-order valence-electron chi connectivity index (χ3n) is 5.41. The molecule has 3 atom stereocenters. The van der Waals surface area contributed by atoms with Crippen LogP contribution >= 0.6 is 0 Å². The van der Waals surface area contributed by atoms with Crippen LogP contribution in [0.3, 0.4) is 0 Å². The summed E-state index contributed by atoms with van der Waals surface area (Å²) in [6.45, 7) is 2.32. The summed E-state index contributed by atoms with van der Waals surface area (Å²) in [7, 11) is -2.72. The van der Waals surface area contributed by atoms with Crippen LogP contribution in [0.15, 0.2) is 43.0 Å². The average Bonchev–Trinajstić information content (AvgIpc) is 3.40. The van der Waals surface area contributed by atoms with Crippen molar-refractivity contribution in [1.82, 2.24) is 29.5 Å². The van der Waals surface area contributed by atoms with Crippen LogP contribution in [0.25, 0.3) is 0 Å². The molecule has 1 fully saturated rings. The van der Waals surface area contributed by atoms with Crippen LogP contribution in [0.2, 0.25) is 0 Å². The molecule has 3 heterocycles. The molecule has 0 spiro atoms. The van der Waals surface area contributed by atoms with Crippen LogP contribution in [0.4, 0.5) is 5.82 Å². The van der Waals surface area contributed by atoms with E-state index in [1.54, 1.807) is 16.9 Å². The zero-order valence-electron chi connectivity index (χ0n) is 18.6. The molecule has 1 saturated carbocycles. The monoisotopic (exact) mass is 487 g/mol. The van der Waals surface area contributed by atoms with Crippen LogP contribution in [0.5, 0.6) is 0 Å². The Bertz CT molecular complexity index is 1280. The lowest BCUT2D eigenvalue weighted by atomic mass is 10.1. The zero-order valence-corrected chi connectivity index (χ0v) is 19.4. The van der Waals surface area contributed by atoms with Crippen LogP contribution in [0.1, 0.15) is 40.3 Å². The molecule has 0 unspecified atom stereocenters. The average molecular weight is 488 g/mol. The van der Waals surface area contributed by atoms with Gasteiger partial charge in [-0.25, -0.2) is 9.97 Å². The molecule has 0 amide bonds. The standard InChI is InChI=1S/C21H25N7O5S/c1-13-4-3-5-14(25-13)11-28-7-6-17(27-28)20(30)16-10-23-12-24-21(16)26-15-8-18(29)19(9-15)33-34(31,32)22-2/h3-7,10,12,15,18-19,22,29H,8-9,11H2,1-2H3,(H,23,24,26)/t15-,18+,19-/m1/s1. The predicted molar refractivity (Wildman–Crippen MR) is 121 cm³/mol. The highest BCUT2D eigenvalue weighted by Gasteiger charge is 2.37. The van der Waals surface area contributed by atoms with E-state index in [9.17, 15) is 18.3 Å². The Morgan fingerprint density at radius 3 is 2.88 bits per heavy atom. The van der Waals surface area contributed by atoms with Gasteiger partial charge in [-0.2, -0.15) is 18.2 Å². The van der Waals surface area contributed by atoms with Crippen LogP contribution < -0.4 is 10.0 Å². The number of nitrogens with zero attached hydrogens (tertiary/aromatic N) is 5. The Morgan fingerprint density at radius 1 is 1.29 bits per heavy atom. The number of hydrogen-bond acceptors (Lipinski definition) is 10. The Hall–Kier alpha value is -3.26. The Labute approximate surface area is 196 Å². The topological polar surface area (TPSA) is 161 Å². The van der Waals surface area contributed by atoms with Crippen molar-refractivity contribution in [2.75, 3.05) is 12.4 Å². The lowest BCUT2D eigenvalue weighted by molar-refractivity contribution is 0.0636. The van der Waals surface area contributed by atoms with Crippen molar-refractivity contribution in [3.05, 3.63) is 65.6 Å². The first-order chi connectivity index (χ1) is 16.2. The summed E-state index contributed by atoms with van der Waals surface area (Å²) >= 11 is 0. The van der Waals surface area contributed by atoms with E-state index >= 15 is 0 Å². The third-order valence-corrected chi connectivity index (χ3v) is 6.41. The van der Waals surface area contributed by atoms with Crippen molar-refractivity contribution in [1.29, 1.82) is 0 Å². The second-order valence-electron chi connectivity index (χ2n) is 7.96. The summed E-state index contributed by atoms with van der Waals surface area (Å²) in [5.74, 6) is -0.104. The van der Waals surface area contributed by atoms with Gasteiger partial charge in [0.05, 0.1) is 23.9 Å². The fraction of sp³-hybridized carbons (Fsp3) is 0.381. The Morgan fingerprint density at radius 2 is 2.12 bits per heavy atom. The second-order valence-corrected chi connectivity index (χ2v) is 9.46. The van der Waals surface area contributed by atoms with E-state index in [4.69, 9.17) is 4.18 Å². The minimum absolute atomic E-state index is 0.206. The Kier molecular flexibility index (Phi) is 6.97. The number of carbonyl (C=O) groups is 1. The quantitative estimate of drug-likeness (QED) is 0.361. The molecule has 34 heavy (non-hydrogen) atoms. The molecule has 3 N–H and O–H groups in total. The van der Waals surface area contributed by atoms with E-state index in [-0.39, 0.29) is 41.7 Å². The van der Waals surface area contributed by atoms with Gasteiger partial charge in [0.15, 0.2) is 0 Å². The van der Waals surface area contributed by atoms with Gasteiger partial charge in [-0.15, -0.1) is 0 Å². The first-order valence-corrected chi connectivity index (χ1v) is 12.0. The fourth-order valence-corrected chi connectivity index (χ4v) is 4.40. The summed E-state index contributed by atoms with van der Waals surface area (Å²) < 4.78 is 32.0. The fourth-order valence-electron chi connectivity index (χ4n) is 3.78. The van der Waals surface area contributed by atoms with Gasteiger partial charge in [0.1, 0.15) is 23.9 Å². The molecule has 0 radical (unpaired) electrons. The van der Waals surface area contributed by atoms with E-state index in [1.807, 2.05) is 25.1 Å². The summed E-state index contributed by atoms with van der Waals surface area (Å²) in [5.41, 5.74) is 2.15. The van der Waals surface area contributed by atoms with E-state index in [1.165, 1.54) is 19.6 Å². The van der Waals surface area contributed by atoms with Gasteiger partial charge in [-0.05, 0) is 38.0 Å².